The Morgan fingerprint density at radius 3 is 2.76 bits per heavy atom. The number of halogens is 2. The SMILES string of the molecule is CCCCN1C(=S)N[C@H](c2ccccn2)[C@H]1c1ccc(-c2ccc(Cl)cc2Cl)o1. The van der Waals surface area contributed by atoms with Gasteiger partial charge in [0.2, 0.25) is 0 Å². The van der Waals surface area contributed by atoms with Gasteiger partial charge in [-0.3, -0.25) is 4.98 Å². The Labute approximate surface area is 185 Å². The lowest BCUT2D eigenvalue weighted by Crippen LogP contribution is -2.30. The number of furan rings is 1. The predicted molar refractivity (Wildman–Crippen MR) is 121 cm³/mol. The van der Waals surface area contributed by atoms with E-state index < -0.39 is 0 Å². The van der Waals surface area contributed by atoms with Gasteiger partial charge in [-0.15, -0.1) is 0 Å². The Hall–Kier alpha value is -2.08. The van der Waals surface area contributed by atoms with E-state index in [1.165, 1.54) is 0 Å². The van der Waals surface area contributed by atoms with Crippen molar-refractivity contribution in [2.45, 2.75) is 31.8 Å². The van der Waals surface area contributed by atoms with Crippen LogP contribution < -0.4 is 5.32 Å². The molecule has 0 amide bonds. The van der Waals surface area contributed by atoms with E-state index in [-0.39, 0.29) is 12.1 Å². The molecule has 1 saturated heterocycles. The molecule has 0 unspecified atom stereocenters. The van der Waals surface area contributed by atoms with Crippen LogP contribution in [0, 0.1) is 0 Å². The average Bonchev–Trinajstić information content (AvgIpc) is 3.31. The van der Waals surface area contributed by atoms with Crippen molar-refractivity contribution in [1.82, 2.24) is 15.2 Å². The van der Waals surface area contributed by atoms with Gasteiger partial charge in [0.1, 0.15) is 17.6 Å². The van der Waals surface area contributed by atoms with Crippen LogP contribution in [0.15, 0.2) is 59.1 Å². The van der Waals surface area contributed by atoms with Crippen molar-refractivity contribution >= 4 is 40.5 Å². The van der Waals surface area contributed by atoms with Gasteiger partial charge in [0, 0.05) is 23.3 Å². The molecular formula is C22H21Cl2N3OS. The van der Waals surface area contributed by atoms with E-state index in [0.717, 1.165) is 41.5 Å². The zero-order valence-corrected chi connectivity index (χ0v) is 18.3. The molecule has 4 rings (SSSR count). The summed E-state index contributed by atoms with van der Waals surface area (Å²) in [5.41, 5.74) is 1.74. The summed E-state index contributed by atoms with van der Waals surface area (Å²) in [6.45, 7) is 3.03. The molecule has 2 atom stereocenters. The summed E-state index contributed by atoms with van der Waals surface area (Å²) < 4.78 is 6.29. The van der Waals surface area contributed by atoms with Crippen LogP contribution in [-0.2, 0) is 0 Å². The van der Waals surface area contributed by atoms with E-state index in [2.05, 4.69) is 22.1 Å². The number of unbranched alkanes of at least 4 members (excludes halogenated alkanes) is 1. The second-order valence-corrected chi connectivity index (χ2v) is 8.23. The monoisotopic (exact) mass is 445 g/mol. The van der Waals surface area contributed by atoms with Crippen molar-refractivity contribution < 1.29 is 4.42 Å². The molecule has 4 nitrogen and oxygen atoms in total. The minimum Gasteiger partial charge on any atom is -0.459 e. The number of nitrogens with zero attached hydrogens (tertiary/aromatic N) is 2. The van der Waals surface area contributed by atoms with E-state index in [1.807, 2.05) is 42.5 Å². The quantitative estimate of drug-likeness (QED) is 0.443. The van der Waals surface area contributed by atoms with Gasteiger partial charge in [0.25, 0.3) is 0 Å². The molecule has 0 bridgehead atoms. The van der Waals surface area contributed by atoms with Crippen LogP contribution in [0.2, 0.25) is 10.0 Å². The Bertz CT molecular complexity index is 1010. The van der Waals surface area contributed by atoms with Crippen molar-refractivity contribution in [3.05, 3.63) is 76.2 Å². The molecule has 0 saturated carbocycles. The van der Waals surface area contributed by atoms with E-state index in [4.69, 9.17) is 39.8 Å². The van der Waals surface area contributed by atoms with E-state index >= 15 is 0 Å². The highest BCUT2D eigenvalue weighted by atomic mass is 35.5. The van der Waals surface area contributed by atoms with Crippen LogP contribution in [-0.4, -0.2) is 21.5 Å². The molecule has 150 valence electrons. The number of rotatable bonds is 6. The topological polar surface area (TPSA) is 41.3 Å². The molecule has 1 aliphatic heterocycles. The fraction of sp³-hybridized carbons (Fsp3) is 0.273. The molecule has 0 radical (unpaired) electrons. The molecule has 1 aromatic carbocycles. The first-order valence-corrected chi connectivity index (χ1v) is 10.8. The molecule has 1 N–H and O–H groups in total. The lowest BCUT2D eigenvalue weighted by molar-refractivity contribution is 0.271. The van der Waals surface area contributed by atoms with Crippen molar-refractivity contribution in [3.8, 4) is 11.3 Å². The second kappa shape index (κ2) is 8.74. The molecule has 3 aromatic rings. The lowest BCUT2D eigenvalue weighted by atomic mass is 10.0. The van der Waals surface area contributed by atoms with Gasteiger partial charge in [0.15, 0.2) is 5.11 Å². The third-order valence-electron chi connectivity index (χ3n) is 5.07. The van der Waals surface area contributed by atoms with E-state index in [0.29, 0.717) is 15.8 Å². The van der Waals surface area contributed by atoms with E-state index in [9.17, 15) is 0 Å². The Kier molecular flexibility index (Phi) is 6.09. The third kappa shape index (κ3) is 4.13. The molecule has 3 heterocycles. The van der Waals surface area contributed by atoms with Gasteiger partial charge < -0.3 is 14.6 Å². The lowest BCUT2D eigenvalue weighted by Gasteiger charge is -2.25. The highest BCUT2D eigenvalue weighted by Crippen LogP contribution is 2.41. The Balaban J connectivity index is 1.72. The normalized spacial score (nSPS) is 18.9. The molecule has 2 aromatic heterocycles. The van der Waals surface area contributed by atoms with E-state index in [1.54, 1.807) is 12.3 Å². The van der Waals surface area contributed by atoms with Crippen LogP contribution in [0.5, 0.6) is 0 Å². The minimum atomic E-state index is -0.0831. The van der Waals surface area contributed by atoms with Crippen molar-refractivity contribution in [2.75, 3.05) is 6.54 Å². The number of hydrogen-bond donors (Lipinski definition) is 1. The maximum absolute atomic E-state index is 6.38. The molecular weight excluding hydrogens is 425 g/mol. The van der Waals surface area contributed by atoms with Crippen LogP contribution in [0.25, 0.3) is 11.3 Å². The molecule has 0 aliphatic carbocycles. The van der Waals surface area contributed by atoms with Gasteiger partial charge in [-0.05, 0) is 61.1 Å². The highest BCUT2D eigenvalue weighted by Gasteiger charge is 2.41. The van der Waals surface area contributed by atoms with Gasteiger partial charge in [-0.25, -0.2) is 0 Å². The Morgan fingerprint density at radius 2 is 2.03 bits per heavy atom. The van der Waals surface area contributed by atoms with Crippen molar-refractivity contribution in [2.24, 2.45) is 0 Å². The second-order valence-electron chi connectivity index (χ2n) is 7.00. The van der Waals surface area contributed by atoms with Gasteiger partial charge >= 0.3 is 0 Å². The zero-order valence-electron chi connectivity index (χ0n) is 15.9. The van der Waals surface area contributed by atoms with Gasteiger partial charge in [-0.1, -0.05) is 42.6 Å². The average molecular weight is 446 g/mol. The molecule has 1 fully saturated rings. The van der Waals surface area contributed by atoms with Crippen LogP contribution >= 0.6 is 35.4 Å². The minimum absolute atomic E-state index is 0.0798. The number of aromatic nitrogens is 1. The first-order valence-electron chi connectivity index (χ1n) is 9.61. The molecule has 0 spiro atoms. The van der Waals surface area contributed by atoms with Gasteiger partial charge in [-0.2, -0.15) is 0 Å². The summed E-state index contributed by atoms with van der Waals surface area (Å²) >= 11 is 18.1. The third-order valence-corrected chi connectivity index (χ3v) is 5.97. The standard InChI is InChI=1S/C22H21Cl2N3OS/c1-2-3-12-27-21(20(26-22(27)29)17-6-4-5-11-25-17)19-10-9-18(28-19)15-8-7-14(23)13-16(15)24/h4-11,13,20-21H,2-3,12H2,1H3,(H,26,29)/t20-,21-/m1/s1. The molecule has 29 heavy (non-hydrogen) atoms. The van der Waals surface area contributed by atoms with Crippen molar-refractivity contribution in [1.29, 1.82) is 0 Å². The zero-order chi connectivity index (χ0) is 20.4. The largest absolute Gasteiger partial charge is 0.459 e. The number of nitrogens with one attached hydrogen (secondary N) is 1. The summed E-state index contributed by atoms with van der Waals surface area (Å²) in [4.78, 5) is 6.75. The first kappa shape index (κ1) is 20.2. The maximum atomic E-state index is 6.38. The van der Waals surface area contributed by atoms with Crippen LogP contribution in [0.3, 0.4) is 0 Å². The summed E-state index contributed by atoms with van der Waals surface area (Å²) in [6.07, 6.45) is 3.93. The molecule has 7 heteroatoms. The first-order chi connectivity index (χ1) is 14.1. The summed E-state index contributed by atoms with van der Waals surface area (Å²) in [7, 11) is 0. The fourth-order valence-corrected chi connectivity index (χ4v) is 4.46. The van der Waals surface area contributed by atoms with Crippen LogP contribution in [0.4, 0.5) is 0 Å². The summed E-state index contributed by atoms with van der Waals surface area (Å²) in [6, 6.07) is 15.1. The number of benzene rings is 1. The fourth-order valence-electron chi connectivity index (χ4n) is 3.63. The Morgan fingerprint density at radius 1 is 1.17 bits per heavy atom. The predicted octanol–water partition coefficient (Wildman–Crippen LogP) is 6.42. The smallest absolute Gasteiger partial charge is 0.170 e. The summed E-state index contributed by atoms with van der Waals surface area (Å²) in [5, 5.41) is 5.31. The number of pyridine rings is 1. The number of hydrogen-bond acceptors (Lipinski definition) is 3. The molecule has 1 aliphatic rings. The maximum Gasteiger partial charge on any atom is 0.170 e. The highest BCUT2D eigenvalue weighted by molar-refractivity contribution is 7.80. The summed E-state index contributed by atoms with van der Waals surface area (Å²) in [5.74, 6) is 1.53. The van der Waals surface area contributed by atoms with Gasteiger partial charge in [0.05, 0.1) is 16.8 Å². The van der Waals surface area contributed by atoms with Crippen LogP contribution in [0.1, 0.15) is 43.3 Å². The number of thiocarbonyl (C=S) groups is 1. The van der Waals surface area contributed by atoms with Crippen molar-refractivity contribution in [3.63, 3.8) is 0 Å².